The fourth-order valence-corrected chi connectivity index (χ4v) is 1.90. The molecule has 2 rings (SSSR count). The fourth-order valence-electron chi connectivity index (χ4n) is 1.71. The maximum atomic E-state index is 13.3. The minimum absolute atomic E-state index is 0.0226. The molecule has 0 fully saturated rings. The fraction of sp³-hybridized carbons (Fsp3) is 0.308. The van der Waals surface area contributed by atoms with E-state index in [9.17, 15) is 8.78 Å². The van der Waals surface area contributed by atoms with E-state index in [1.165, 1.54) is 19.1 Å². The van der Waals surface area contributed by atoms with Crippen LogP contribution in [0.25, 0.3) is 0 Å². The maximum absolute atomic E-state index is 13.3. The van der Waals surface area contributed by atoms with Gasteiger partial charge in [0, 0.05) is 0 Å². The largest absolute Gasteiger partial charge is 0.368 e. The van der Waals surface area contributed by atoms with Crippen LogP contribution >= 0.6 is 11.6 Å². The van der Waals surface area contributed by atoms with Gasteiger partial charge in [0.05, 0.1) is 11.1 Å². The lowest BCUT2D eigenvalue weighted by Gasteiger charge is -2.15. The molecule has 1 aromatic carbocycles. The van der Waals surface area contributed by atoms with Crippen molar-refractivity contribution in [1.29, 1.82) is 0 Å². The van der Waals surface area contributed by atoms with E-state index in [0.717, 1.165) is 5.56 Å². The van der Waals surface area contributed by atoms with E-state index in [1.54, 1.807) is 6.07 Å². The van der Waals surface area contributed by atoms with E-state index in [4.69, 9.17) is 17.3 Å². The zero-order valence-electron chi connectivity index (χ0n) is 11.4. The summed E-state index contributed by atoms with van der Waals surface area (Å²) in [5.41, 5.74) is 6.25. The van der Waals surface area contributed by atoms with Crippen molar-refractivity contribution in [2.75, 3.05) is 11.1 Å². The lowest BCUT2D eigenvalue weighted by molar-refractivity contribution is 0.356. The van der Waals surface area contributed by atoms with Gasteiger partial charge < -0.3 is 11.1 Å². The molecule has 1 heterocycles. The Morgan fingerprint density at radius 2 is 1.95 bits per heavy atom. The summed E-state index contributed by atoms with van der Waals surface area (Å²) in [7, 11) is 0. The normalized spacial score (nSPS) is 13.8. The number of hydrogen-bond acceptors (Lipinski definition) is 5. The van der Waals surface area contributed by atoms with Crippen LogP contribution in [0.4, 0.5) is 20.7 Å². The maximum Gasteiger partial charge on any atom is 0.228 e. The number of aromatic nitrogens is 3. The molecule has 0 aliphatic carbocycles. The molecule has 2 atom stereocenters. The van der Waals surface area contributed by atoms with Crippen molar-refractivity contribution in [2.24, 2.45) is 0 Å². The highest BCUT2D eigenvalue weighted by Crippen LogP contribution is 2.23. The molecule has 112 valence electrons. The Balaban J connectivity index is 2.22. The number of benzene rings is 1. The first-order valence-electron chi connectivity index (χ1n) is 6.24. The van der Waals surface area contributed by atoms with Crippen molar-refractivity contribution in [1.82, 2.24) is 15.0 Å². The number of nitrogens with one attached hydrogen (secondary N) is 1. The standard InChI is InChI=1S/C13H14ClF2N5/c1-6(15)11-19-12(17)21-13(20-11)18-7(2)8-3-4-10(16)9(14)5-8/h3-7H,1-2H3,(H3,17,18,19,20,21). The lowest BCUT2D eigenvalue weighted by atomic mass is 10.1. The van der Waals surface area contributed by atoms with E-state index in [1.807, 2.05) is 6.92 Å². The van der Waals surface area contributed by atoms with Gasteiger partial charge >= 0.3 is 0 Å². The SMILES string of the molecule is CC(F)c1nc(N)nc(NC(C)c2ccc(F)c(Cl)c2)n1. The molecule has 0 spiro atoms. The van der Waals surface area contributed by atoms with Gasteiger partial charge in [-0.1, -0.05) is 17.7 Å². The smallest absolute Gasteiger partial charge is 0.228 e. The third-order valence-corrected chi connectivity index (χ3v) is 3.10. The molecule has 5 nitrogen and oxygen atoms in total. The zero-order chi connectivity index (χ0) is 15.6. The monoisotopic (exact) mass is 313 g/mol. The number of nitrogens with two attached hydrogens (primary N) is 1. The zero-order valence-corrected chi connectivity index (χ0v) is 12.2. The first-order valence-corrected chi connectivity index (χ1v) is 6.61. The highest BCUT2D eigenvalue weighted by molar-refractivity contribution is 6.30. The van der Waals surface area contributed by atoms with Crippen LogP contribution in [0.15, 0.2) is 18.2 Å². The van der Waals surface area contributed by atoms with Gasteiger partial charge in [-0.25, -0.2) is 8.78 Å². The van der Waals surface area contributed by atoms with Gasteiger partial charge in [0.25, 0.3) is 0 Å². The lowest BCUT2D eigenvalue weighted by Crippen LogP contribution is -2.13. The summed E-state index contributed by atoms with van der Waals surface area (Å²) in [5.74, 6) is -0.466. The van der Waals surface area contributed by atoms with Gasteiger partial charge in [0.2, 0.25) is 11.9 Å². The van der Waals surface area contributed by atoms with Gasteiger partial charge in [-0.15, -0.1) is 0 Å². The van der Waals surface area contributed by atoms with Gasteiger partial charge in [0.1, 0.15) is 5.82 Å². The van der Waals surface area contributed by atoms with Crippen LogP contribution in [-0.2, 0) is 0 Å². The molecule has 0 aliphatic rings. The number of nitrogens with zero attached hydrogens (tertiary/aromatic N) is 3. The van der Waals surface area contributed by atoms with Crippen LogP contribution in [0.1, 0.15) is 37.4 Å². The number of hydrogen-bond donors (Lipinski definition) is 2. The molecule has 2 unspecified atom stereocenters. The van der Waals surface area contributed by atoms with Crippen molar-refractivity contribution in [3.8, 4) is 0 Å². The van der Waals surface area contributed by atoms with Crippen LogP contribution in [0.3, 0.4) is 0 Å². The number of alkyl halides is 1. The van der Waals surface area contributed by atoms with Gasteiger partial charge in [-0.05, 0) is 31.5 Å². The van der Waals surface area contributed by atoms with Crippen LogP contribution in [-0.4, -0.2) is 15.0 Å². The quantitative estimate of drug-likeness (QED) is 0.904. The molecule has 8 heteroatoms. The Kier molecular flexibility index (Phi) is 4.52. The molecule has 3 N–H and O–H groups in total. The second kappa shape index (κ2) is 6.17. The van der Waals surface area contributed by atoms with Crippen LogP contribution in [0.5, 0.6) is 0 Å². The van der Waals surface area contributed by atoms with E-state index in [0.29, 0.717) is 0 Å². The third kappa shape index (κ3) is 3.75. The summed E-state index contributed by atoms with van der Waals surface area (Å²) < 4.78 is 26.4. The molecule has 1 aromatic heterocycles. The van der Waals surface area contributed by atoms with Crippen LogP contribution < -0.4 is 11.1 Å². The number of nitrogen functional groups attached to an aromatic ring is 1. The Morgan fingerprint density at radius 1 is 1.24 bits per heavy atom. The van der Waals surface area contributed by atoms with Gasteiger partial charge in [0.15, 0.2) is 12.0 Å². The van der Waals surface area contributed by atoms with Crippen molar-refractivity contribution in [3.05, 3.63) is 40.4 Å². The van der Waals surface area contributed by atoms with Crippen molar-refractivity contribution in [3.63, 3.8) is 0 Å². The van der Waals surface area contributed by atoms with E-state index in [2.05, 4.69) is 20.3 Å². The molecular weight excluding hydrogens is 300 g/mol. The molecule has 0 saturated carbocycles. The summed E-state index contributed by atoms with van der Waals surface area (Å²) in [5, 5.41) is 2.97. The van der Waals surface area contributed by atoms with Crippen molar-refractivity contribution in [2.45, 2.75) is 26.1 Å². The second-order valence-electron chi connectivity index (χ2n) is 4.53. The molecule has 21 heavy (non-hydrogen) atoms. The van der Waals surface area contributed by atoms with Gasteiger partial charge in [-0.2, -0.15) is 15.0 Å². The predicted octanol–water partition coefficient (Wildman–Crippen LogP) is 3.45. The number of rotatable bonds is 4. The topological polar surface area (TPSA) is 76.7 Å². The summed E-state index contributed by atoms with van der Waals surface area (Å²) >= 11 is 5.74. The molecular formula is C13H14ClF2N5. The first-order chi connectivity index (χ1) is 9.86. The average Bonchev–Trinajstić information content (AvgIpc) is 2.41. The van der Waals surface area contributed by atoms with E-state index in [-0.39, 0.29) is 28.8 Å². The summed E-state index contributed by atoms with van der Waals surface area (Å²) in [6, 6.07) is 4.08. The molecule has 0 bridgehead atoms. The Bertz CT molecular complexity index is 650. The first kappa shape index (κ1) is 15.4. The minimum Gasteiger partial charge on any atom is -0.368 e. The molecule has 0 radical (unpaired) electrons. The Labute approximate surface area is 125 Å². The van der Waals surface area contributed by atoms with E-state index >= 15 is 0 Å². The second-order valence-corrected chi connectivity index (χ2v) is 4.94. The minimum atomic E-state index is -1.36. The average molecular weight is 314 g/mol. The summed E-state index contributed by atoms with van der Waals surface area (Å²) in [6.45, 7) is 3.11. The molecule has 0 amide bonds. The Morgan fingerprint density at radius 3 is 2.57 bits per heavy atom. The molecule has 0 aliphatic heterocycles. The molecule has 2 aromatic rings. The number of anilines is 2. The molecule has 0 saturated heterocycles. The highest BCUT2D eigenvalue weighted by atomic mass is 35.5. The summed E-state index contributed by atoms with van der Waals surface area (Å²) in [4.78, 5) is 11.5. The third-order valence-electron chi connectivity index (χ3n) is 2.82. The predicted molar refractivity (Wildman–Crippen MR) is 77.2 cm³/mol. The van der Waals surface area contributed by atoms with Crippen molar-refractivity contribution >= 4 is 23.5 Å². The number of halogens is 3. The van der Waals surface area contributed by atoms with Crippen LogP contribution in [0, 0.1) is 5.82 Å². The van der Waals surface area contributed by atoms with Crippen molar-refractivity contribution < 1.29 is 8.78 Å². The van der Waals surface area contributed by atoms with Crippen LogP contribution in [0.2, 0.25) is 5.02 Å². The van der Waals surface area contributed by atoms with Gasteiger partial charge in [-0.3, -0.25) is 0 Å². The highest BCUT2D eigenvalue weighted by Gasteiger charge is 2.14. The Hall–Kier alpha value is -2.02. The summed E-state index contributed by atoms with van der Waals surface area (Å²) in [6.07, 6.45) is -1.36. The van der Waals surface area contributed by atoms with E-state index < -0.39 is 12.0 Å².